The van der Waals surface area contributed by atoms with Crippen LogP contribution in [0, 0.1) is 0 Å². The molecule has 0 fully saturated rings. The van der Waals surface area contributed by atoms with Gasteiger partial charge in [-0.1, -0.05) is 30.3 Å². The number of halogens is 1. The number of sulfonamides is 1. The SMILES string of the molecule is Cl.Nc1cccc2c(S(=O)(=O)NCc3ccc(O)c(O)c3)cccc12. The Hall–Kier alpha value is -2.48. The Kier molecular flexibility index (Phi) is 5.42. The van der Waals surface area contributed by atoms with Crippen LogP contribution in [0.1, 0.15) is 5.56 Å². The summed E-state index contributed by atoms with van der Waals surface area (Å²) < 4.78 is 27.7. The maximum atomic E-state index is 12.6. The maximum Gasteiger partial charge on any atom is 0.241 e. The van der Waals surface area contributed by atoms with Gasteiger partial charge in [-0.05, 0) is 29.8 Å². The molecule has 25 heavy (non-hydrogen) atoms. The van der Waals surface area contributed by atoms with Gasteiger partial charge in [-0.25, -0.2) is 13.1 Å². The molecule has 0 heterocycles. The molecule has 0 saturated carbocycles. The molecule has 132 valence electrons. The highest BCUT2D eigenvalue weighted by molar-refractivity contribution is 7.89. The summed E-state index contributed by atoms with van der Waals surface area (Å²) in [6, 6.07) is 14.2. The highest BCUT2D eigenvalue weighted by Gasteiger charge is 2.17. The van der Waals surface area contributed by atoms with Crippen molar-refractivity contribution in [3.05, 3.63) is 60.2 Å². The number of fused-ring (bicyclic) bond motifs is 1. The molecular formula is C17H17ClN2O4S. The van der Waals surface area contributed by atoms with E-state index in [2.05, 4.69) is 4.72 Å². The predicted molar refractivity (Wildman–Crippen MR) is 99.4 cm³/mol. The van der Waals surface area contributed by atoms with Gasteiger partial charge in [0.25, 0.3) is 0 Å². The number of rotatable bonds is 4. The number of aromatic hydroxyl groups is 2. The lowest BCUT2D eigenvalue weighted by Gasteiger charge is -2.11. The van der Waals surface area contributed by atoms with Gasteiger partial charge in [0.1, 0.15) is 0 Å². The Morgan fingerprint density at radius 3 is 2.32 bits per heavy atom. The maximum absolute atomic E-state index is 12.6. The summed E-state index contributed by atoms with van der Waals surface area (Å²) in [4.78, 5) is 0.135. The van der Waals surface area contributed by atoms with Crippen LogP contribution in [0.15, 0.2) is 59.5 Å². The quantitative estimate of drug-likeness (QED) is 0.410. The molecule has 0 aliphatic heterocycles. The largest absolute Gasteiger partial charge is 0.504 e. The zero-order valence-corrected chi connectivity index (χ0v) is 14.6. The molecule has 6 nitrogen and oxygen atoms in total. The second-order valence-corrected chi connectivity index (χ2v) is 7.08. The van der Waals surface area contributed by atoms with E-state index in [1.165, 1.54) is 24.3 Å². The molecule has 3 aromatic rings. The van der Waals surface area contributed by atoms with Crippen LogP contribution >= 0.6 is 12.4 Å². The lowest BCUT2D eigenvalue weighted by Crippen LogP contribution is -2.23. The van der Waals surface area contributed by atoms with Gasteiger partial charge in [0, 0.05) is 23.0 Å². The van der Waals surface area contributed by atoms with E-state index in [1.54, 1.807) is 30.3 Å². The molecule has 0 bridgehead atoms. The molecule has 0 spiro atoms. The van der Waals surface area contributed by atoms with Gasteiger partial charge in [-0.3, -0.25) is 0 Å². The fourth-order valence-electron chi connectivity index (χ4n) is 2.47. The van der Waals surface area contributed by atoms with Gasteiger partial charge in [-0.2, -0.15) is 0 Å². The average molecular weight is 381 g/mol. The molecule has 8 heteroatoms. The van der Waals surface area contributed by atoms with Crippen LogP contribution in [0.2, 0.25) is 0 Å². The third-order valence-electron chi connectivity index (χ3n) is 3.71. The van der Waals surface area contributed by atoms with Crippen LogP contribution in [0.4, 0.5) is 5.69 Å². The minimum absolute atomic E-state index is 0. The van der Waals surface area contributed by atoms with Crippen LogP contribution < -0.4 is 10.5 Å². The van der Waals surface area contributed by atoms with E-state index >= 15 is 0 Å². The van der Waals surface area contributed by atoms with Crippen LogP contribution in [0.25, 0.3) is 10.8 Å². The molecule has 0 aliphatic carbocycles. The van der Waals surface area contributed by atoms with Gasteiger partial charge >= 0.3 is 0 Å². The van der Waals surface area contributed by atoms with Crippen molar-refractivity contribution in [3.8, 4) is 11.5 Å². The summed E-state index contributed by atoms with van der Waals surface area (Å²) in [6.07, 6.45) is 0. The van der Waals surface area contributed by atoms with E-state index < -0.39 is 10.0 Å². The molecule has 3 aromatic carbocycles. The summed E-state index contributed by atoms with van der Waals surface area (Å²) in [5, 5.41) is 20.0. The monoisotopic (exact) mass is 380 g/mol. The van der Waals surface area contributed by atoms with Crippen molar-refractivity contribution in [2.45, 2.75) is 11.4 Å². The minimum atomic E-state index is -3.77. The molecular weight excluding hydrogens is 364 g/mol. The summed E-state index contributed by atoms with van der Waals surface area (Å²) in [7, 11) is -3.77. The van der Waals surface area contributed by atoms with Crippen molar-refractivity contribution in [3.63, 3.8) is 0 Å². The highest BCUT2D eigenvalue weighted by Crippen LogP contribution is 2.28. The number of phenolic OH excluding ortho intramolecular Hbond substituents is 2. The van der Waals surface area contributed by atoms with Gasteiger partial charge in [0.2, 0.25) is 10.0 Å². The van der Waals surface area contributed by atoms with Crippen LogP contribution in [0.5, 0.6) is 11.5 Å². The van der Waals surface area contributed by atoms with Crippen molar-refractivity contribution in [2.24, 2.45) is 0 Å². The first kappa shape index (κ1) is 18.9. The van der Waals surface area contributed by atoms with E-state index in [0.717, 1.165) is 0 Å². The number of hydrogen-bond donors (Lipinski definition) is 4. The Morgan fingerprint density at radius 2 is 1.60 bits per heavy atom. The zero-order chi connectivity index (χ0) is 17.3. The van der Waals surface area contributed by atoms with E-state index in [-0.39, 0.29) is 35.3 Å². The number of nitrogens with one attached hydrogen (secondary N) is 1. The number of hydrogen-bond acceptors (Lipinski definition) is 5. The predicted octanol–water partition coefficient (Wildman–Crippen LogP) is 2.73. The molecule has 0 aromatic heterocycles. The normalized spacial score (nSPS) is 11.2. The Balaban J connectivity index is 0.00000225. The first-order valence-electron chi connectivity index (χ1n) is 7.16. The van der Waals surface area contributed by atoms with E-state index in [0.29, 0.717) is 22.0 Å². The summed E-state index contributed by atoms with van der Waals surface area (Å²) in [6.45, 7) is -0.0190. The first-order chi connectivity index (χ1) is 11.4. The van der Waals surface area contributed by atoms with Gasteiger partial charge in [0.05, 0.1) is 4.90 Å². The lowest BCUT2D eigenvalue weighted by molar-refractivity contribution is 0.403. The molecule has 0 radical (unpaired) electrons. The number of anilines is 1. The molecule has 0 unspecified atom stereocenters. The molecule has 0 amide bonds. The fraction of sp³-hybridized carbons (Fsp3) is 0.0588. The number of phenols is 2. The first-order valence-corrected chi connectivity index (χ1v) is 8.64. The van der Waals surface area contributed by atoms with Gasteiger partial charge in [0.15, 0.2) is 11.5 Å². The third-order valence-corrected chi connectivity index (χ3v) is 5.17. The average Bonchev–Trinajstić information content (AvgIpc) is 2.56. The Labute approximate surface area is 151 Å². The minimum Gasteiger partial charge on any atom is -0.504 e. The van der Waals surface area contributed by atoms with Crippen molar-refractivity contribution < 1.29 is 18.6 Å². The molecule has 0 aliphatic rings. The van der Waals surface area contributed by atoms with E-state index in [4.69, 9.17) is 5.73 Å². The summed E-state index contributed by atoms with van der Waals surface area (Å²) in [5.41, 5.74) is 6.93. The van der Waals surface area contributed by atoms with Crippen LogP contribution in [-0.4, -0.2) is 18.6 Å². The van der Waals surface area contributed by atoms with E-state index in [1.807, 2.05) is 0 Å². The molecule has 5 N–H and O–H groups in total. The Morgan fingerprint density at radius 1 is 0.920 bits per heavy atom. The summed E-state index contributed by atoms with van der Waals surface area (Å²) in [5.74, 6) is -0.559. The fourth-order valence-corrected chi connectivity index (χ4v) is 3.71. The number of benzene rings is 3. The Bertz CT molecular complexity index is 1020. The van der Waals surface area contributed by atoms with Crippen molar-refractivity contribution in [1.29, 1.82) is 0 Å². The topological polar surface area (TPSA) is 113 Å². The molecule has 0 atom stereocenters. The standard InChI is InChI=1S/C17H16N2O4S.ClH/c18-14-5-1-4-13-12(14)3-2-6-17(13)24(22,23)19-10-11-7-8-15(20)16(21)9-11;/h1-9,19-21H,10,18H2;1H. The van der Waals surface area contributed by atoms with Crippen molar-refractivity contribution in [1.82, 2.24) is 4.72 Å². The number of nitrogens with two attached hydrogens (primary N) is 1. The van der Waals surface area contributed by atoms with Gasteiger partial charge in [-0.15, -0.1) is 12.4 Å². The summed E-state index contributed by atoms with van der Waals surface area (Å²) >= 11 is 0. The molecule has 3 rings (SSSR count). The lowest BCUT2D eigenvalue weighted by atomic mass is 10.1. The zero-order valence-electron chi connectivity index (χ0n) is 13.0. The van der Waals surface area contributed by atoms with Crippen LogP contribution in [-0.2, 0) is 16.6 Å². The second-order valence-electron chi connectivity index (χ2n) is 5.35. The molecule has 0 saturated heterocycles. The smallest absolute Gasteiger partial charge is 0.241 e. The second kappa shape index (κ2) is 7.18. The van der Waals surface area contributed by atoms with Crippen LogP contribution in [0.3, 0.4) is 0 Å². The highest BCUT2D eigenvalue weighted by atomic mass is 35.5. The van der Waals surface area contributed by atoms with E-state index in [9.17, 15) is 18.6 Å². The van der Waals surface area contributed by atoms with Crippen molar-refractivity contribution >= 4 is 38.9 Å². The third kappa shape index (κ3) is 3.79. The van der Waals surface area contributed by atoms with Crippen molar-refractivity contribution in [2.75, 3.05) is 5.73 Å². The van der Waals surface area contributed by atoms with Gasteiger partial charge < -0.3 is 15.9 Å². The number of nitrogen functional groups attached to an aromatic ring is 1.